The fourth-order valence-corrected chi connectivity index (χ4v) is 3.74. The molecule has 0 bridgehead atoms. The number of rotatable bonds is 6. The van der Waals surface area contributed by atoms with E-state index in [9.17, 15) is 0 Å². The van der Waals surface area contributed by atoms with Crippen LogP contribution >= 0.6 is 0 Å². The van der Waals surface area contributed by atoms with Crippen LogP contribution in [0.15, 0.2) is 60.7 Å². The van der Waals surface area contributed by atoms with Crippen LogP contribution in [-0.2, 0) is 19.4 Å². The molecule has 0 spiro atoms. The second-order valence-electron chi connectivity index (χ2n) is 7.79. The van der Waals surface area contributed by atoms with Crippen molar-refractivity contribution in [1.82, 2.24) is 19.7 Å². The summed E-state index contributed by atoms with van der Waals surface area (Å²) >= 11 is 0. The first-order valence-electron chi connectivity index (χ1n) is 10.3. The molecular formula is C24H29N5. The first kappa shape index (κ1) is 19.4. The van der Waals surface area contributed by atoms with Gasteiger partial charge < -0.3 is 9.47 Å². The molecule has 0 aliphatic carbocycles. The molecule has 2 heterocycles. The molecule has 0 atom stereocenters. The van der Waals surface area contributed by atoms with E-state index in [0.717, 1.165) is 50.7 Å². The molecule has 0 saturated heterocycles. The third-order valence-corrected chi connectivity index (χ3v) is 5.48. The van der Waals surface area contributed by atoms with Crippen molar-refractivity contribution in [2.24, 2.45) is 0 Å². The molecule has 150 valence electrons. The molecule has 3 aromatic rings. The normalized spacial score (nSPS) is 14.7. The monoisotopic (exact) mass is 387 g/mol. The highest BCUT2D eigenvalue weighted by Gasteiger charge is 2.18. The van der Waals surface area contributed by atoms with Gasteiger partial charge in [-0.1, -0.05) is 54.6 Å². The van der Waals surface area contributed by atoms with Gasteiger partial charge in [-0.25, -0.2) is 0 Å². The van der Waals surface area contributed by atoms with E-state index in [1.165, 1.54) is 16.8 Å². The SMILES string of the molecule is CN(C)c1ccc(/C=C/CN2CCc3nnc(Cc4ccccc4)n3CC2)cc1. The van der Waals surface area contributed by atoms with Gasteiger partial charge in [-0.2, -0.15) is 0 Å². The van der Waals surface area contributed by atoms with Gasteiger partial charge >= 0.3 is 0 Å². The van der Waals surface area contributed by atoms with Gasteiger partial charge in [-0.05, 0) is 23.3 Å². The van der Waals surface area contributed by atoms with Gasteiger partial charge in [0.15, 0.2) is 0 Å². The topological polar surface area (TPSA) is 37.2 Å². The molecule has 0 amide bonds. The molecule has 1 aliphatic heterocycles. The van der Waals surface area contributed by atoms with E-state index in [2.05, 4.69) is 105 Å². The Morgan fingerprint density at radius 3 is 2.48 bits per heavy atom. The molecule has 5 nitrogen and oxygen atoms in total. The van der Waals surface area contributed by atoms with Crippen molar-refractivity contribution in [2.45, 2.75) is 19.4 Å². The number of benzene rings is 2. The van der Waals surface area contributed by atoms with Crippen molar-refractivity contribution in [3.8, 4) is 0 Å². The lowest BCUT2D eigenvalue weighted by atomic mass is 10.1. The lowest BCUT2D eigenvalue weighted by Crippen LogP contribution is -2.27. The molecule has 0 N–H and O–H groups in total. The fourth-order valence-electron chi connectivity index (χ4n) is 3.74. The Kier molecular flexibility index (Phi) is 6.06. The smallest absolute Gasteiger partial charge is 0.137 e. The maximum absolute atomic E-state index is 4.46. The summed E-state index contributed by atoms with van der Waals surface area (Å²) in [6.45, 7) is 3.96. The van der Waals surface area contributed by atoms with Gasteiger partial charge in [0, 0.05) is 58.8 Å². The zero-order valence-electron chi connectivity index (χ0n) is 17.3. The Bertz CT molecular complexity index is 941. The second kappa shape index (κ2) is 9.05. The minimum atomic E-state index is 0.844. The van der Waals surface area contributed by atoms with Crippen LogP contribution in [-0.4, -0.2) is 53.4 Å². The minimum Gasteiger partial charge on any atom is -0.378 e. The summed E-state index contributed by atoms with van der Waals surface area (Å²) in [5.74, 6) is 2.19. The zero-order valence-corrected chi connectivity index (χ0v) is 17.3. The lowest BCUT2D eigenvalue weighted by molar-refractivity contribution is 0.308. The lowest BCUT2D eigenvalue weighted by Gasteiger charge is -2.17. The van der Waals surface area contributed by atoms with E-state index in [4.69, 9.17) is 0 Å². The highest BCUT2D eigenvalue weighted by molar-refractivity contribution is 5.55. The predicted octanol–water partition coefficient (Wildman–Crippen LogP) is 3.51. The average Bonchev–Trinajstić information content (AvgIpc) is 3.00. The van der Waals surface area contributed by atoms with E-state index in [1.807, 2.05) is 0 Å². The molecule has 2 aromatic carbocycles. The number of nitrogens with zero attached hydrogens (tertiary/aromatic N) is 5. The predicted molar refractivity (Wildman–Crippen MR) is 119 cm³/mol. The molecule has 0 saturated carbocycles. The summed E-state index contributed by atoms with van der Waals surface area (Å²) in [5.41, 5.74) is 3.75. The summed E-state index contributed by atoms with van der Waals surface area (Å²) in [7, 11) is 4.13. The first-order valence-corrected chi connectivity index (χ1v) is 10.3. The molecule has 29 heavy (non-hydrogen) atoms. The maximum atomic E-state index is 4.46. The summed E-state index contributed by atoms with van der Waals surface area (Å²) in [5, 5.41) is 8.92. The van der Waals surface area contributed by atoms with Gasteiger partial charge in [0.25, 0.3) is 0 Å². The Hall–Kier alpha value is -2.92. The second-order valence-corrected chi connectivity index (χ2v) is 7.79. The molecule has 1 aliphatic rings. The third kappa shape index (κ3) is 4.93. The van der Waals surface area contributed by atoms with E-state index in [0.29, 0.717) is 0 Å². The van der Waals surface area contributed by atoms with Crippen molar-refractivity contribution < 1.29 is 0 Å². The van der Waals surface area contributed by atoms with Crippen LogP contribution in [0.4, 0.5) is 5.69 Å². The van der Waals surface area contributed by atoms with Gasteiger partial charge in [-0.15, -0.1) is 10.2 Å². The van der Waals surface area contributed by atoms with Gasteiger partial charge in [0.05, 0.1) is 0 Å². The molecule has 0 radical (unpaired) electrons. The van der Waals surface area contributed by atoms with Crippen LogP contribution in [0.3, 0.4) is 0 Å². The number of hydrogen-bond acceptors (Lipinski definition) is 4. The Labute approximate surface area is 173 Å². The van der Waals surface area contributed by atoms with E-state index < -0.39 is 0 Å². The largest absolute Gasteiger partial charge is 0.378 e. The fraction of sp³-hybridized carbons (Fsp3) is 0.333. The van der Waals surface area contributed by atoms with E-state index >= 15 is 0 Å². The molecule has 0 fully saturated rings. The molecular weight excluding hydrogens is 358 g/mol. The molecule has 5 heteroatoms. The summed E-state index contributed by atoms with van der Waals surface area (Å²) in [6, 6.07) is 19.2. The Balaban J connectivity index is 1.34. The van der Waals surface area contributed by atoms with Gasteiger partial charge in [-0.3, -0.25) is 4.90 Å². The molecule has 0 unspecified atom stereocenters. The van der Waals surface area contributed by atoms with Crippen molar-refractivity contribution >= 4 is 11.8 Å². The number of hydrogen-bond donors (Lipinski definition) is 0. The van der Waals surface area contributed by atoms with Crippen molar-refractivity contribution in [1.29, 1.82) is 0 Å². The first-order chi connectivity index (χ1) is 14.2. The van der Waals surface area contributed by atoms with E-state index in [-0.39, 0.29) is 0 Å². The van der Waals surface area contributed by atoms with E-state index in [1.54, 1.807) is 0 Å². The van der Waals surface area contributed by atoms with Crippen molar-refractivity contribution in [3.63, 3.8) is 0 Å². The van der Waals surface area contributed by atoms with Crippen LogP contribution in [0.2, 0.25) is 0 Å². The van der Waals surface area contributed by atoms with Gasteiger partial charge in [0.2, 0.25) is 0 Å². The highest BCUT2D eigenvalue weighted by atomic mass is 15.3. The number of aromatic nitrogens is 3. The standard InChI is InChI=1S/C24H29N5/c1-27(2)22-12-10-20(11-13-22)9-6-15-28-16-14-23-25-26-24(29(23)18-17-28)19-21-7-4-3-5-8-21/h3-13H,14-19H2,1-2H3/b9-6+. The Morgan fingerprint density at radius 2 is 1.72 bits per heavy atom. The van der Waals surface area contributed by atoms with Crippen LogP contribution in [0.5, 0.6) is 0 Å². The van der Waals surface area contributed by atoms with Crippen molar-refractivity contribution in [2.75, 3.05) is 38.6 Å². The summed E-state index contributed by atoms with van der Waals surface area (Å²) in [4.78, 5) is 4.61. The third-order valence-electron chi connectivity index (χ3n) is 5.48. The Morgan fingerprint density at radius 1 is 0.931 bits per heavy atom. The number of fused-ring (bicyclic) bond motifs is 1. The zero-order chi connectivity index (χ0) is 20.1. The average molecular weight is 388 g/mol. The van der Waals surface area contributed by atoms with Crippen LogP contribution in [0.25, 0.3) is 6.08 Å². The van der Waals surface area contributed by atoms with Crippen LogP contribution in [0, 0.1) is 0 Å². The quantitative estimate of drug-likeness (QED) is 0.649. The summed E-state index contributed by atoms with van der Waals surface area (Å²) < 4.78 is 2.32. The van der Waals surface area contributed by atoms with Gasteiger partial charge in [0.1, 0.15) is 11.6 Å². The number of anilines is 1. The van der Waals surface area contributed by atoms with Crippen LogP contribution < -0.4 is 4.90 Å². The minimum absolute atomic E-state index is 0.844. The van der Waals surface area contributed by atoms with Crippen molar-refractivity contribution in [3.05, 3.63) is 83.4 Å². The molecule has 1 aromatic heterocycles. The van der Waals surface area contributed by atoms with Crippen LogP contribution in [0.1, 0.15) is 22.8 Å². The molecule has 4 rings (SSSR count). The maximum Gasteiger partial charge on any atom is 0.137 e. The summed E-state index contributed by atoms with van der Waals surface area (Å²) in [6.07, 6.45) is 6.27. The highest BCUT2D eigenvalue weighted by Crippen LogP contribution is 2.15.